The van der Waals surface area contributed by atoms with Gasteiger partial charge in [0.2, 0.25) is 0 Å². The van der Waals surface area contributed by atoms with Crippen LogP contribution in [0.1, 0.15) is 20.8 Å². The first-order valence-electron chi connectivity index (χ1n) is 2.49. The molecule has 0 aliphatic carbocycles. The van der Waals surface area contributed by atoms with E-state index >= 15 is 0 Å². The Kier molecular flexibility index (Phi) is 2.97. The van der Waals surface area contributed by atoms with Gasteiger partial charge in [-0.2, -0.15) is 0 Å². The highest BCUT2D eigenvalue weighted by molar-refractivity contribution is 4.56. The van der Waals surface area contributed by atoms with Crippen molar-refractivity contribution in [2.75, 3.05) is 6.61 Å². The van der Waals surface area contributed by atoms with Crippen molar-refractivity contribution in [1.29, 1.82) is 0 Å². The first-order valence-corrected chi connectivity index (χ1v) is 2.49. The van der Waals surface area contributed by atoms with Gasteiger partial charge in [0, 0.05) is 0 Å². The van der Waals surface area contributed by atoms with Crippen LogP contribution in [0.3, 0.4) is 0 Å². The molecule has 3 nitrogen and oxygen atoms in total. The largest absolute Gasteiger partial charge is 0.221 e. The van der Waals surface area contributed by atoms with E-state index in [0.717, 1.165) is 0 Å². The summed E-state index contributed by atoms with van der Waals surface area (Å²) in [4.78, 5) is 4.25. The van der Waals surface area contributed by atoms with Gasteiger partial charge >= 0.3 is 0 Å². The molecule has 0 heterocycles. The fourth-order valence-corrected chi connectivity index (χ4v) is 0.203. The zero-order valence-corrected chi connectivity index (χ0v) is 5.47. The number of hydrogen-bond acceptors (Lipinski definition) is 3. The van der Waals surface area contributed by atoms with Gasteiger partial charge < -0.3 is 0 Å². The maximum absolute atomic E-state index is 7.71. The Balaban J connectivity index is 3.11. The van der Waals surface area contributed by atoms with Crippen LogP contribution in [0.5, 0.6) is 0 Å². The molecule has 0 saturated carbocycles. The van der Waals surface area contributed by atoms with E-state index in [0.29, 0.717) is 6.61 Å². The molecular formula is C5H12O3. The van der Waals surface area contributed by atoms with Crippen molar-refractivity contribution in [3.63, 3.8) is 0 Å². The van der Waals surface area contributed by atoms with E-state index in [4.69, 9.17) is 5.26 Å². The predicted octanol–water partition coefficient (Wildman–Crippen LogP) is 1.45. The highest BCUT2D eigenvalue weighted by Crippen LogP contribution is 2.12. The quantitative estimate of drug-likeness (QED) is 0.443. The van der Waals surface area contributed by atoms with Crippen LogP contribution in [0.2, 0.25) is 0 Å². The van der Waals surface area contributed by atoms with Crippen LogP contribution in [-0.4, -0.2) is 11.9 Å². The molecule has 50 valence electrons. The zero-order valence-electron chi connectivity index (χ0n) is 5.47. The van der Waals surface area contributed by atoms with Crippen LogP contribution in [0.4, 0.5) is 0 Å². The average molecular weight is 120 g/mol. The van der Waals surface area contributed by atoms with Gasteiger partial charge in [-0.25, -0.2) is 10.1 Å². The third-order valence-corrected chi connectivity index (χ3v) is 0.545. The van der Waals surface area contributed by atoms with E-state index in [1.54, 1.807) is 0 Å². The van der Waals surface area contributed by atoms with Crippen molar-refractivity contribution >= 4 is 0 Å². The summed E-state index contributed by atoms with van der Waals surface area (Å²) in [5, 5.41) is 11.1. The highest BCUT2D eigenvalue weighted by Gasteiger charge is 2.09. The fourth-order valence-electron chi connectivity index (χ4n) is 0.203. The molecule has 0 rings (SSSR count). The van der Waals surface area contributed by atoms with E-state index in [1.807, 2.05) is 20.8 Å². The Morgan fingerprint density at radius 2 is 1.88 bits per heavy atom. The minimum Gasteiger partial charge on any atom is -0.221 e. The van der Waals surface area contributed by atoms with E-state index < -0.39 is 0 Å². The number of rotatable bonds is 2. The molecule has 0 fully saturated rings. The second-order valence-electron chi connectivity index (χ2n) is 2.90. The Labute approximate surface area is 49.1 Å². The molecule has 0 aromatic rings. The van der Waals surface area contributed by atoms with Gasteiger partial charge in [0.1, 0.15) is 0 Å². The van der Waals surface area contributed by atoms with Crippen LogP contribution < -0.4 is 0 Å². The molecule has 3 heteroatoms. The Bertz CT molecular complexity index is 55.2. The molecule has 0 aliphatic rings. The maximum Gasteiger partial charge on any atom is 0.0902 e. The highest BCUT2D eigenvalue weighted by atomic mass is 17.5. The molecule has 0 atom stereocenters. The molecular weight excluding hydrogens is 108 g/mol. The minimum atomic E-state index is 0.0444. The Morgan fingerprint density at radius 1 is 1.38 bits per heavy atom. The molecule has 0 amide bonds. The van der Waals surface area contributed by atoms with Gasteiger partial charge in [0.25, 0.3) is 0 Å². The second kappa shape index (κ2) is 3.02. The van der Waals surface area contributed by atoms with Crippen molar-refractivity contribution in [2.24, 2.45) is 5.41 Å². The van der Waals surface area contributed by atoms with Crippen LogP contribution in [0.15, 0.2) is 0 Å². The lowest BCUT2D eigenvalue weighted by Crippen LogP contribution is -2.13. The van der Waals surface area contributed by atoms with Crippen LogP contribution in [0, 0.1) is 5.41 Å². The molecule has 0 radical (unpaired) electrons. The maximum atomic E-state index is 7.71. The fraction of sp³-hybridized carbons (Fsp3) is 1.00. The van der Waals surface area contributed by atoms with Crippen LogP contribution in [0.25, 0.3) is 0 Å². The average Bonchev–Trinajstić information content (AvgIpc) is 1.59. The summed E-state index contributed by atoms with van der Waals surface area (Å²) in [7, 11) is 0. The van der Waals surface area contributed by atoms with E-state index in [-0.39, 0.29) is 5.41 Å². The lowest BCUT2D eigenvalue weighted by Gasteiger charge is -2.14. The topological polar surface area (TPSA) is 38.7 Å². The van der Waals surface area contributed by atoms with Crippen molar-refractivity contribution in [3.05, 3.63) is 0 Å². The van der Waals surface area contributed by atoms with Crippen LogP contribution in [-0.2, 0) is 9.93 Å². The van der Waals surface area contributed by atoms with Crippen molar-refractivity contribution in [2.45, 2.75) is 20.8 Å². The molecule has 0 unspecified atom stereocenters. The summed E-state index contributed by atoms with van der Waals surface area (Å²) in [6.45, 7) is 6.33. The summed E-state index contributed by atoms with van der Waals surface area (Å²) in [6.07, 6.45) is 0. The Morgan fingerprint density at radius 3 is 2.00 bits per heavy atom. The summed E-state index contributed by atoms with van der Waals surface area (Å²) in [5.74, 6) is 0. The van der Waals surface area contributed by atoms with Gasteiger partial charge in [-0.15, -0.1) is 0 Å². The van der Waals surface area contributed by atoms with Gasteiger partial charge in [-0.3, -0.25) is 0 Å². The van der Waals surface area contributed by atoms with E-state index in [2.05, 4.69) is 9.93 Å². The van der Waals surface area contributed by atoms with Gasteiger partial charge in [-0.05, 0) is 5.41 Å². The molecule has 0 saturated heterocycles. The molecule has 0 aromatic carbocycles. The summed E-state index contributed by atoms with van der Waals surface area (Å²) in [5.41, 5.74) is 0.0444. The first kappa shape index (κ1) is 7.88. The van der Waals surface area contributed by atoms with Crippen molar-refractivity contribution in [3.8, 4) is 0 Å². The van der Waals surface area contributed by atoms with Gasteiger partial charge in [0.05, 0.1) is 6.61 Å². The van der Waals surface area contributed by atoms with Crippen LogP contribution >= 0.6 is 0 Å². The van der Waals surface area contributed by atoms with E-state index in [1.165, 1.54) is 0 Å². The SMILES string of the molecule is CC(C)(C)COOO. The second-order valence-corrected chi connectivity index (χ2v) is 2.90. The lowest BCUT2D eigenvalue weighted by molar-refractivity contribution is -0.495. The molecule has 1 N–H and O–H groups in total. The van der Waals surface area contributed by atoms with Crippen molar-refractivity contribution < 1.29 is 15.2 Å². The smallest absolute Gasteiger partial charge is 0.0902 e. The van der Waals surface area contributed by atoms with Crippen molar-refractivity contribution in [1.82, 2.24) is 0 Å². The normalized spacial score (nSPS) is 12.0. The minimum absolute atomic E-state index is 0.0444. The number of hydrogen-bond donors (Lipinski definition) is 1. The summed E-state index contributed by atoms with van der Waals surface area (Å²) < 4.78 is 0. The third-order valence-electron chi connectivity index (χ3n) is 0.545. The predicted molar refractivity (Wildman–Crippen MR) is 29.1 cm³/mol. The third kappa shape index (κ3) is 5.88. The first-order chi connectivity index (χ1) is 3.56. The molecule has 0 bridgehead atoms. The monoisotopic (exact) mass is 120 g/mol. The summed E-state index contributed by atoms with van der Waals surface area (Å²) in [6, 6.07) is 0. The molecule has 0 aromatic heterocycles. The molecule has 0 aliphatic heterocycles. The lowest BCUT2D eigenvalue weighted by atomic mass is 9.99. The standard InChI is InChI=1S/C5H12O3/c1-5(2,3)4-7-8-6/h6H,4H2,1-3H3. The van der Waals surface area contributed by atoms with E-state index in [9.17, 15) is 0 Å². The molecule has 0 spiro atoms. The van der Waals surface area contributed by atoms with Gasteiger partial charge in [-0.1, -0.05) is 25.8 Å². The zero-order chi connectivity index (χ0) is 6.62. The molecule has 8 heavy (non-hydrogen) atoms. The summed E-state index contributed by atoms with van der Waals surface area (Å²) >= 11 is 0. The Hall–Kier alpha value is -0.120. The van der Waals surface area contributed by atoms with Gasteiger partial charge in [0.15, 0.2) is 0 Å².